The second-order valence-corrected chi connectivity index (χ2v) is 4.47. The topological polar surface area (TPSA) is 41.6 Å². The molecule has 3 nitrogen and oxygen atoms in total. The molecule has 0 N–H and O–H groups in total. The molecule has 1 aromatic heterocycles. The third-order valence-electron chi connectivity index (χ3n) is 3.03. The van der Waals surface area contributed by atoms with Gasteiger partial charge in [-0.15, -0.1) is 0 Å². The van der Waals surface area contributed by atoms with E-state index in [1.165, 1.54) is 0 Å². The van der Waals surface area contributed by atoms with Crippen molar-refractivity contribution in [1.29, 1.82) is 5.26 Å². The Hall–Kier alpha value is -2.08. The van der Waals surface area contributed by atoms with Crippen LogP contribution >= 0.6 is 0 Å². The van der Waals surface area contributed by atoms with Crippen LogP contribution in [0.3, 0.4) is 0 Å². The zero-order chi connectivity index (χ0) is 13.0. The van der Waals surface area contributed by atoms with Gasteiger partial charge in [-0.05, 0) is 30.0 Å². The monoisotopic (exact) mass is 239 g/mol. The van der Waals surface area contributed by atoms with Crippen LogP contribution in [0.25, 0.3) is 11.1 Å². The van der Waals surface area contributed by atoms with Crippen LogP contribution in [0.15, 0.2) is 30.6 Å². The molecule has 0 atom stereocenters. The molecule has 0 aliphatic rings. The number of hydrogen-bond donors (Lipinski definition) is 0. The van der Waals surface area contributed by atoms with Crippen molar-refractivity contribution < 1.29 is 0 Å². The second-order valence-electron chi connectivity index (χ2n) is 4.47. The predicted octanol–water partition coefficient (Wildman–Crippen LogP) is 3.33. The molecule has 0 radical (unpaired) electrons. The number of aromatic nitrogens is 2. The zero-order valence-corrected chi connectivity index (χ0v) is 10.8. The molecule has 0 fully saturated rings. The number of nitriles is 1. The summed E-state index contributed by atoms with van der Waals surface area (Å²) in [6, 6.07) is 8.41. The minimum atomic E-state index is 0.473. The van der Waals surface area contributed by atoms with Gasteiger partial charge in [-0.1, -0.05) is 25.1 Å². The Morgan fingerprint density at radius 3 is 2.83 bits per heavy atom. The first-order chi connectivity index (χ1) is 8.74. The molecular weight excluding hydrogens is 222 g/mol. The van der Waals surface area contributed by atoms with Gasteiger partial charge in [0.05, 0.1) is 18.7 Å². The van der Waals surface area contributed by atoms with Crippen LogP contribution in [0, 0.1) is 18.3 Å². The Labute approximate surface area is 108 Å². The summed E-state index contributed by atoms with van der Waals surface area (Å²) in [5, 5.41) is 13.1. The molecule has 0 unspecified atom stereocenters. The molecule has 1 aromatic carbocycles. The highest BCUT2D eigenvalue weighted by atomic mass is 15.3. The fourth-order valence-electron chi connectivity index (χ4n) is 2.02. The van der Waals surface area contributed by atoms with Crippen molar-refractivity contribution in [2.45, 2.75) is 33.2 Å². The first-order valence-electron chi connectivity index (χ1n) is 6.24. The average molecular weight is 239 g/mol. The normalized spacial score (nSPS) is 10.3. The van der Waals surface area contributed by atoms with Gasteiger partial charge in [0.25, 0.3) is 0 Å². The summed E-state index contributed by atoms with van der Waals surface area (Å²) in [5.41, 5.74) is 4.56. The maximum Gasteiger partial charge on any atom is 0.0669 e. The fraction of sp³-hybridized carbons (Fsp3) is 0.333. The lowest BCUT2D eigenvalue weighted by atomic mass is 10.0. The van der Waals surface area contributed by atoms with Crippen molar-refractivity contribution in [3.8, 4) is 17.2 Å². The number of nitrogens with zero attached hydrogens (tertiary/aromatic N) is 3. The molecule has 0 amide bonds. The molecule has 3 heteroatoms. The molecule has 92 valence electrons. The Kier molecular flexibility index (Phi) is 3.78. The van der Waals surface area contributed by atoms with Crippen molar-refractivity contribution in [3.63, 3.8) is 0 Å². The van der Waals surface area contributed by atoms with Crippen molar-refractivity contribution in [2.24, 2.45) is 0 Å². The Morgan fingerprint density at radius 1 is 1.33 bits per heavy atom. The molecule has 0 saturated carbocycles. The molecule has 0 aliphatic heterocycles. The fourth-order valence-corrected chi connectivity index (χ4v) is 2.02. The zero-order valence-electron chi connectivity index (χ0n) is 10.8. The molecule has 0 aliphatic carbocycles. The van der Waals surface area contributed by atoms with E-state index in [9.17, 15) is 0 Å². The summed E-state index contributed by atoms with van der Waals surface area (Å²) in [5.74, 6) is 0. The number of benzene rings is 1. The highest BCUT2D eigenvalue weighted by Gasteiger charge is 2.04. The molecule has 2 aromatic rings. The van der Waals surface area contributed by atoms with E-state index >= 15 is 0 Å². The van der Waals surface area contributed by atoms with E-state index in [2.05, 4.69) is 36.4 Å². The average Bonchev–Trinajstić information content (AvgIpc) is 2.81. The third kappa shape index (κ3) is 2.60. The molecule has 0 saturated heterocycles. The van der Waals surface area contributed by atoms with Crippen LogP contribution in [0.4, 0.5) is 0 Å². The van der Waals surface area contributed by atoms with Crippen LogP contribution < -0.4 is 0 Å². The molecule has 1 heterocycles. The highest BCUT2D eigenvalue weighted by Crippen LogP contribution is 2.22. The number of rotatable bonds is 4. The van der Waals surface area contributed by atoms with Gasteiger partial charge >= 0.3 is 0 Å². The summed E-state index contributed by atoms with van der Waals surface area (Å²) in [6.07, 6.45) is 5.53. The van der Waals surface area contributed by atoms with E-state index in [1.807, 2.05) is 23.9 Å². The van der Waals surface area contributed by atoms with E-state index in [-0.39, 0.29) is 0 Å². The standard InChI is InChI=1S/C15H17N3/c1-3-8-18-11-15(10-17-18)14-5-4-13(6-7-16)12(2)9-14/h4-5,9-11H,3,6,8H2,1-2H3. The lowest BCUT2D eigenvalue weighted by molar-refractivity contribution is 0.603. The van der Waals surface area contributed by atoms with Gasteiger partial charge in [0, 0.05) is 18.3 Å². The quantitative estimate of drug-likeness (QED) is 0.821. The SMILES string of the molecule is CCCn1cc(-c2ccc(CC#N)c(C)c2)cn1. The molecule has 18 heavy (non-hydrogen) atoms. The Balaban J connectivity index is 2.28. The van der Waals surface area contributed by atoms with E-state index in [4.69, 9.17) is 5.26 Å². The summed E-state index contributed by atoms with van der Waals surface area (Å²) in [7, 11) is 0. The number of aryl methyl sites for hydroxylation is 2. The largest absolute Gasteiger partial charge is 0.272 e. The maximum absolute atomic E-state index is 8.73. The van der Waals surface area contributed by atoms with Crippen molar-refractivity contribution in [3.05, 3.63) is 41.7 Å². The molecular formula is C15H17N3. The summed E-state index contributed by atoms with van der Waals surface area (Å²) < 4.78 is 1.97. The summed E-state index contributed by atoms with van der Waals surface area (Å²) in [4.78, 5) is 0. The van der Waals surface area contributed by atoms with E-state index < -0.39 is 0 Å². The van der Waals surface area contributed by atoms with Gasteiger partial charge in [0.2, 0.25) is 0 Å². The van der Waals surface area contributed by atoms with Crippen LogP contribution in [0.5, 0.6) is 0 Å². The van der Waals surface area contributed by atoms with Crippen molar-refractivity contribution >= 4 is 0 Å². The first kappa shape index (κ1) is 12.4. The second kappa shape index (κ2) is 5.50. The van der Waals surface area contributed by atoms with Gasteiger partial charge in [-0.25, -0.2) is 0 Å². The smallest absolute Gasteiger partial charge is 0.0669 e. The molecule has 0 bridgehead atoms. The summed E-state index contributed by atoms with van der Waals surface area (Å²) in [6.45, 7) is 5.14. The lowest BCUT2D eigenvalue weighted by Gasteiger charge is -2.04. The third-order valence-corrected chi connectivity index (χ3v) is 3.03. The molecule has 2 rings (SSSR count). The maximum atomic E-state index is 8.73. The van der Waals surface area contributed by atoms with Crippen LogP contribution in [-0.2, 0) is 13.0 Å². The van der Waals surface area contributed by atoms with Gasteiger partial charge in [-0.2, -0.15) is 10.4 Å². The summed E-state index contributed by atoms with van der Waals surface area (Å²) >= 11 is 0. The predicted molar refractivity (Wildman–Crippen MR) is 72.0 cm³/mol. The van der Waals surface area contributed by atoms with Crippen LogP contribution in [0.1, 0.15) is 24.5 Å². The highest BCUT2D eigenvalue weighted by molar-refractivity contribution is 5.63. The van der Waals surface area contributed by atoms with Gasteiger partial charge in [0.1, 0.15) is 0 Å². The lowest BCUT2D eigenvalue weighted by Crippen LogP contribution is -1.95. The van der Waals surface area contributed by atoms with E-state index in [0.717, 1.165) is 35.2 Å². The van der Waals surface area contributed by atoms with Crippen LogP contribution in [0.2, 0.25) is 0 Å². The Morgan fingerprint density at radius 2 is 2.17 bits per heavy atom. The van der Waals surface area contributed by atoms with Gasteiger partial charge in [0.15, 0.2) is 0 Å². The van der Waals surface area contributed by atoms with E-state index in [1.54, 1.807) is 0 Å². The van der Waals surface area contributed by atoms with Gasteiger partial charge < -0.3 is 0 Å². The number of hydrogen-bond acceptors (Lipinski definition) is 2. The minimum absolute atomic E-state index is 0.473. The van der Waals surface area contributed by atoms with Crippen molar-refractivity contribution in [1.82, 2.24) is 9.78 Å². The van der Waals surface area contributed by atoms with E-state index in [0.29, 0.717) is 6.42 Å². The minimum Gasteiger partial charge on any atom is -0.272 e. The molecule has 0 spiro atoms. The Bertz CT molecular complexity index is 576. The van der Waals surface area contributed by atoms with Crippen molar-refractivity contribution in [2.75, 3.05) is 0 Å². The first-order valence-corrected chi connectivity index (χ1v) is 6.24. The van der Waals surface area contributed by atoms with Crippen LogP contribution in [-0.4, -0.2) is 9.78 Å². The van der Waals surface area contributed by atoms with Gasteiger partial charge in [-0.3, -0.25) is 4.68 Å².